The molecule has 0 spiro atoms. The first-order valence-corrected chi connectivity index (χ1v) is 8.18. The Hall–Kier alpha value is -0.860. The van der Waals surface area contributed by atoms with Crippen molar-refractivity contribution in [1.29, 1.82) is 0 Å². The number of nitrogens with two attached hydrogens (primary N) is 1. The summed E-state index contributed by atoms with van der Waals surface area (Å²) in [5.41, 5.74) is 7.80. The minimum Gasteiger partial charge on any atom is -0.323 e. The summed E-state index contributed by atoms with van der Waals surface area (Å²) < 4.78 is 0. The molecule has 0 bridgehead atoms. The fourth-order valence-electron chi connectivity index (χ4n) is 2.94. The number of hydrogen-bond acceptors (Lipinski definition) is 2. The molecule has 0 fully saturated rings. The van der Waals surface area contributed by atoms with Crippen LogP contribution in [0.3, 0.4) is 0 Å². The molecule has 2 heteroatoms. The topological polar surface area (TPSA) is 29.3 Å². The van der Waals surface area contributed by atoms with E-state index in [0.29, 0.717) is 12.1 Å². The molecule has 1 aromatic carbocycles. The molecule has 20 heavy (non-hydrogen) atoms. The number of nitrogens with zero attached hydrogens (tertiary/aromatic N) is 1. The molecule has 2 N–H and O–H groups in total. The van der Waals surface area contributed by atoms with E-state index < -0.39 is 0 Å². The molecule has 0 aromatic heterocycles. The number of hydrogen-bond donors (Lipinski definition) is 1. The van der Waals surface area contributed by atoms with Gasteiger partial charge in [0.1, 0.15) is 0 Å². The lowest BCUT2D eigenvalue weighted by molar-refractivity contribution is 0.125. The van der Waals surface area contributed by atoms with E-state index in [2.05, 4.69) is 62.9 Å². The van der Waals surface area contributed by atoms with Crippen LogP contribution in [0.25, 0.3) is 0 Å². The van der Waals surface area contributed by atoms with Crippen molar-refractivity contribution < 1.29 is 0 Å². The van der Waals surface area contributed by atoms with E-state index in [1.54, 1.807) is 0 Å². The van der Waals surface area contributed by atoms with Crippen LogP contribution in [0.1, 0.15) is 65.0 Å². The van der Waals surface area contributed by atoms with Gasteiger partial charge in [-0.1, -0.05) is 57.0 Å². The van der Waals surface area contributed by atoms with Crippen LogP contribution in [0.5, 0.6) is 0 Å². The van der Waals surface area contributed by atoms with Gasteiger partial charge in [-0.05, 0) is 38.8 Å². The van der Waals surface area contributed by atoms with Crippen molar-refractivity contribution in [3.05, 3.63) is 35.9 Å². The van der Waals surface area contributed by atoms with E-state index in [4.69, 9.17) is 5.73 Å². The Morgan fingerprint density at radius 1 is 1.05 bits per heavy atom. The van der Waals surface area contributed by atoms with Crippen molar-refractivity contribution >= 4 is 0 Å². The molecule has 0 aliphatic rings. The summed E-state index contributed by atoms with van der Waals surface area (Å²) in [6, 6.07) is 11.6. The smallest absolute Gasteiger partial charge is 0.0453 e. The van der Waals surface area contributed by atoms with Gasteiger partial charge in [-0.3, -0.25) is 4.90 Å². The Labute approximate surface area is 125 Å². The highest BCUT2D eigenvalue weighted by atomic mass is 15.2. The molecule has 2 atom stereocenters. The van der Waals surface area contributed by atoms with Gasteiger partial charge in [0.05, 0.1) is 0 Å². The second kappa shape index (κ2) is 9.15. The molecule has 0 aliphatic heterocycles. The highest BCUT2D eigenvalue weighted by Crippen LogP contribution is 2.23. The molecular weight excluding hydrogens is 244 g/mol. The highest BCUT2D eigenvalue weighted by Gasteiger charge is 2.25. The van der Waals surface area contributed by atoms with Gasteiger partial charge in [-0.2, -0.15) is 0 Å². The number of unbranched alkanes of at least 4 members (excludes halogenated alkanes) is 2. The molecular formula is C18H32N2. The Bertz CT molecular complexity index is 348. The van der Waals surface area contributed by atoms with Crippen molar-refractivity contribution in [2.24, 2.45) is 5.73 Å². The summed E-state index contributed by atoms with van der Waals surface area (Å²) in [6.45, 7) is 10.2. The van der Waals surface area contributed by atoms with Crippen LogP contribution in [-0.4, -0.2) is 23.5 Å². The van der Waals surface area contributed by atoms with Crippen molar-refractivity contribution in [2.75, 3.05) is 6.54 Å². The summed E-state index contributed by atoms with van der Waals surface area (Å²) in [5, 5.41) is 0. The van der Waals surface area contributed by atoms with Crippen molar-refractivity contribution in [2.45, 2.75) is 71.5 Å². The standard InChI is InChI=1S/C18H32N2/c1-5-7-11-14-20(15(3)4)17(6-2)18(19)16-12-9-8-10-13-16/h8-10,12-13,15,17-18H,5-7,11,14,19H2,1-4H3. The number of benzene rings is 1. The molecule has 0 amide bonds. The SMILES string of the molecule is CCCCCN(C(C)C)C(CC)C(N)c1ccccc1. The minimum absolute atomic E-state index is 0.102. The van der Waals surface area contributed by atoms with Crippen LogP contribution in [0.2, 0.25) is 0 Å². The first-order chi connectivity index (χ1) is 9.61. The summed E-state index contributed by atoms with van der Waals surface area (Å²) in [5.74, 6) is 0. The summed E-state index contributed by atoms with van der Waals surface area (Å²) in [4.78, 5) is 2.59. The maximum atomic E-state index is 6.55. The lowest BCUT2D eigenvalue weighted by Gasteiger charge is -2.38. The van der Waals surface area contributed by atoms with E-state index in [1.165, 1.54) is 24.8 Å². The summed E-state index contributed by atoms with van der Waals surface area (Å²) >= 11 is 0. The van der Waals surface area contributed by atoms with Gasteiger partial charge in [0.2, 0.25) is 0 Å². The third-order valence-corrected chi connectivity index (χ3v) is 4.13. The monoisotopic (exact) mass is 276 g/mol. The van der Waals surface area contributed by atoms with Gasteiger partial charge in [0.25, 0.3) is 0 Å². The minimum atomic E-state index is 0.102. The maximum absolute atomic E-state index is 6.55. The average Bonchev–Trinajstić information content (AvgIpc) is 2.47. The summed E-state index contributed by atoms with van der Waals surface area (Å²) in [6.07, 6.45) is 4.95. The molecule has 0 saturated heterocycles. The fraction of sp³-hybridized carbons (Fsp3) is 0.667. The van der Waals surface area contributed by atoms with E-state index >= 15 is 0 Å². The second-order valence-corrected chi connectivity index (χ2v) is 5.95. The van der Waals surface area contributed by atoms with Gasteiger partial charge >= 0.3 is 0 Å². The predicted octanol–water partition coefficient (Wildman–Crippen LogP) is 4.37. The Morgan fingerprint density at radius 3 is 2.20 bits per heavy atom. The third-order valence-electron chi connectivity index (χ3n) is 4.13. The Kier molecular flexibility index (Phi) is 7.86. The molecule has 0 aliphatic carbocycles. The van der Waals surface area contributed by atoms with Crippen LogP contribution >= 0.6 is 0 Å². The van der Waals surface area contributed by atoms with Gasteiger partial charge < -0.3 is 5.73 Å². The molecule has 2 unspecified atom stereocenters. The molecule has 0 heterocycles. The quantitative estimate of drug-likeness (QED) is 0.679. The highest BCUT2D eigenvalue weighted by molar-refractivity contribution is 5.20. The van der Waals surface area contributed by atoms with Crippen LogP contribution in [0, 0.1) is 0 Å². The fourth-order valence-corrected chi connectivity index (χ4v) is 2.94. The van der Waals surface area contributed by atoms with E-state index in [0.717, 1.165) is 13.0 Å². The van der Waals surface area contributed by atoms with E-state index in [9.17, 15) is 0 Å². The normalized spacial score (nSPS) is 14.8. The van der Waals surface area contributed by atoms with Crippen molar-refractivity contribution in [3.63, 3.8) is 0 Å². The Morgan fingerprint density at radius 2 is 1.70 bits per heavy atom. The zero-order valence-corrected chi connectivity index (χ0v) is 13.7. The molecule has 1 aromatic rings. The second-order valence-electron chi connectivity index (χ2n) is 5.95. The molecule has 1 rings (SSSR count). The van der Waals surface area contributed by atoms with Crippen molar-refractivity contribution in [3.8, 4) is 0 Å². The van der Waals surface area contributed by atoms with Crippen LogP contribution < -0.4 is 5.73 Å². The zero-order valence-electron chi connectivity index (χ0n) is 13.7. The summed E-state index contributed by atoms with van der Waals surface area (Å²) in [7, 11) is 0. The predicted molar refractivity (Wildman–Crippen MR) is 88.8 cm³/mol. The number of rotatable bonds is 9. The van der Waals surface area contributed by atoms with Crippen LogP contribution in [0.4, 0.5) is 0 Å². The van der Waals surface area contributed by atoms with Gasteiger partial charge in [0, 0.05) is 18.1 Å². The van der Waals surface area contributed by atoms with Gasteiger partial charge in [-0.15, -0.1) is 0 Å². The van der Waals surface area contributed by atoms with E-state index in [1.807, 2.05) is 0 Å². The van der Waals surface area contributed by atoms with E-state index in [-0.39, 0.29) is 6.04 Å². The van der Waals surface area contributed by atoms with Gasteiger partial charge in [0.15, 0.2) is 0 Å². The van der Waals surface area contributed by atoms with Crippen LogP contribution in [0.15, 0.2) is 30.3 Å². The first kappa shape index (κ1) is 17.2. The van der Waals surface area contributed by atoms with Crippen molar-refractivity contribution in [1.82, 2.24) is 4.90 Å². The Balaban J connectivity index is 2.78. The molecule has 0 radical (unpaired) electrons. The molecule has 0 saturated carbocycles. The lowest BCUT2D eigenvalue weighted by atomic mass is 9.95. The average molecular weight is 276 g/mol. The largest absolute Gasteiger partial charge is 0.323 e. The maximum Gasteiger partial charge on any atom is 0.0453 e. The first-order valence-electron chi connectivity index (χ1n) is 8.18. The van der Waals surface area contributed by atoms with Crippen LogP contribution in [-0.2, 0) is 0 Å². The third kappa shape index (κ3) is 4.92. The zero-order chi connectivity index (χ0) is 15.0. The lowest BCUT2D eigenvalue weighted by Crippen LogP contribution is -2.46. The molecule has 114 valence electrons. The molecule has 2 nitrogen and oxygen atoms in total. The van der Waals surface area contributed by atoms with Gasteiger partial charge in [-0.25, -0.2) is 0 Å².